The highest BCUT2D eigenvalue weighted by atomic mass is 16.5. The lowest BCUT2D eigenvalue weighted by molar-refractivity contribution is -0.121. The van der Waals surface area contributed by atoms with Crippen molar-refractivity contribution in [3.63, 3.8) is 0 Å². The van der Waals surface area contributed by atoms with Gasteiger partial charge in [0.05, 0.1) is 13.2 Å². The van der Waals surface area contributed by atoms with Crippen molar-refractivity contribution < 1.29 is 9.53 Å². The number of H-pyrrole nitrogens is 1. The van der Waals surface area contributed by atoms with Crippen LogP contribution in [-0.2, 0) is 17.6 Å². The Kier molecular flexibility index (Phi) is 6.73. The molecule has 1 heterocycles. The van der Waals surface area contributed by atoms with Gasteiger partial charge < -0.3 is 15.0 Å². The third-order valence-corrected chi connectivity index (χ3v) is 4.58. The molecule has 0 aliphatic carbocycles. The molecule has 3 rings (SSSR count). The summed E-state index contributed by atoms with van der Waals surface area (Å²) < 4.78 is 5.20. The number of hydrogen-bond donors (Lipinski definition) is 2. The first kappa shape index (κ1) is 20.3. The van der Waals surface area contributed by atoms with Crippen molar-refractivity contribution in [2.24, 2.45) is 0 Å². The van der Waals surface area contributed by atoms with Gasteiger partial charge in [-0.1, -0.05) is 42.5 Å². The van der Waals surface area contributed by atoms with E-state index in [9.17, 15) is 9.59 Å². The van der Waals surface area contributed by atoms with Crippen LogP contribution < -0.4 is 15.6 Å². The van der Waals surface area contributed by atoms with Gasteiger partial charge in [-0.05, 0) is 30.2 Å². The molecule has 0 saturated carbocycles. The second kappa shape index (κ2) is 9.64. The number of rotatable bonds is 8. The highest BCUT2D eigenvalue weighted by Crippen LogP contribution is 2.14. The molecular weight excluding hydrogens is 368 g/mol. The molecule has 0 fully saturated rings. The Bertz CT molecular complexity index is 1020. The molecule has 0 radical (unpaired) electrons. The molecule has 7 heteroatoms. The summed E-state index contributed by atoms with van der Waals surface area (Å²) in [4.78, 5) is 27.2. The van der Waals surface area contributed by atoms with E-state index < -0.39 is 0 Å². The lowest BCUT2D eigenvalue weighted by Crippen LogP contribution is -2.28. The summed E-state index contributed by atoms with van der Waals surface area (Å²) in [5.41, 5.74) is 1.92. The maximum absolute atomic E-state index is 12.3. The number of benzene rings is 2. The van der Waals surface area contributed by atoms with E-state index in [2.05, 4.69) is 20.5 Å². The standard InChI is InChI=1S/C22H24N4O3/c1-15(17-8-4-3-5-9-17)23-21(27)12-11-19-22(28)24-20(26-25-19)14-16-7-6-10-18(13-16)29-2/h3-10,13,15H,11-12,14H2,1-2H3,(H,23,27)(H,24,26,28). The molecule has 1 atom stereocenters. The number of nitrogens with one attached hydrogen (secondary N) is 2. The van der Waals surface area contributed by atoms with Crippen molar-refractivity contribution in [1.29, 1.82) is 0 Å². The van der Waals surface area contributed by atoms with Gasteiger partial charge in [-0.15, -0.1) is 10.2 Å². The van der Waals surface area contributed by atoms with Crippen molar-refractivity contribution >= 4 is 5.91 Å². The number of aromatic nitrogens is 3. The minimum atomic E-state index is -0.318. The van der Waals surface area contributed by atoms with Crippen molar-refractivity contribution in [3.05, 3.63) is 87.6 Å². The van der Waals surface area contributed by atoms with Crippen LogP contribution in [0.5, 0.6) is 5.75 Å². The summed E-state index contributed by atoms with van der Waals surface area (Å²) in [6, 6.07) is 17.2. The highest BCUT2D eigenvalue weighted by molar-refractivity contribution is 5.76. The fourth-order valence-electron chi connectivity index (χ4n) is 2.98. The van der Waals surface area contributed by atoms with Crippen molar-refractivity contribution in [3.8, 4) is 5.75 Å². The van der Waals surface area contributed by atoms with E-state index >= 15 is 0 Å². The summed E-state index contributed by atoms with van der Waals surface area (Å²) in [5.74, 6) is 1.07. The topological polar surface area (TPSA) is 97.0 Å². The third-order valence-electron chi connectivity index (χ3n) is 4.58. The van der Waals surface area contributed by atoms with Crippen LogP contribution in [0, 0.1) is 0 Å². The summed E-state index contributed by atoms with van der Waals surface area (Å²) in [6.07, 6.45) is 0.841. The quantitative estimate of drug-likeness (QED) is 0.614. The molecule has 1 aromatic heterocycles. The first-order valence-electron chi connectivity index (χ1n) is 9.47. The van der Waals surface area contributed by atoms with Crippen LogP contribution in [0.4, 0.5) is 0 Å². The van der Waals surface area contributed by atoms with Gasteiger partial charge in [0.15, 0.2) is 0 Å². The third kappa shape index (κ3) is 5.75. The van der Waals surface area contributed by atoms with Crippen LogP contribution in [0.15, 0.2) is 59.4 Å². The van der Waals surface area contributed by atoms with Crippen LogP contribution in [-0.4, -0.2) is 28.2 Å². The van der Waals surface area contributed by atoms with Gasteiger partial charge in [-0.25, -0.2) is 0 Å². The minimum absolute atomic E-state index is 0.0988. The maximum Gasteiger partial charge on any atom is 0.272 e. The van der Waals surface area contributed by atoms with Gasteiger partial charge in [-0.3, -0.25) is 9.59 Å². The molecule has 0 spiro atoms. The predicted molar refractivity (Wildman–Crippen MR) is 110 cm³/mol. The Balaban J connectivity index is 1.56. The molecule has 0 aliphatic rings. The average Bonchev–Trinajstić information content (AvgIpc) is 2.74. The van der Waals surface area contributed by atoms with Crippen LogP contribution in [0.1, 0.15) is 42.0 Å². The first-order valence-corrected chi connectivity index (χ1v) is 9.47. The van der Waals surface area contributed by atoms with Gasteiger partial charge in [0.1, 0.15) is 17.3 Å². The van der Waals surface area contributed by atoms with Gasteiger partial charge in [0.25, 0.3) is 5.56 Å². The van der Waals surface area contributed by atoms with E-state index in [1.165, 1.54) is 0 Å². The number of nitrogens with zero attached hydrogens (tertiary/aromatic N) is 2. The van der Waals surface area contributed by atoms with Crippen LogP contribution in [0.2, 0.25) is 0 Å². The molecule has 1 unspecified atom stereocenters. The molecule has 2 aromatic carbocycles. The van der Waals surface area contributed by atoms with E-state index in [0.717, 1.165) is 16.9 Å². The Labute approximate surface area is 169 Å². The van der Waals surface area contributed by atoms with E-state index in [0.29, 0.717) is 12.2 Å². The Morgan fingerprint density at radius 2 is 1.93 bits per heavy atom. The molecule has 3 aromatic rings. The smallest absolute Gasteiger partial charge is 0.272 e. The molecule has 29 heavy (non-hydrogen) atoms. The van der Waals surface area contributed by atoms with Crippen LogP contribution >= 0.6 is 0 Å². The van der Waals surface area contributed by atoms with E-state index in [-0.39, 0.29) is 36.0 Å². The van der Waals surface area contributed by atoms with Gasteiger partial charge in [-0.2, -0.15) is 0 Å². The van der Waals surface area contributed by atoms with Crippen molar-refractivity contribution in [2.45, 2.75) is 32.2 Å². The molecule has 0 aliphatic heterocycles. The number of aryl methyl sites for hydroxylation is 1. The predicted octanol–water partition coefficient (Wildman–Crippen LogP) is 2.57. The number of amides is 1. The minimum Gasteiger partial charge on any atom is -0.497 e. The first-order chi connectivity index (χ1) is 14.0. The van der Waals surface area contributed by atoms with E-state index in [1.54, 1.807) is 7.11 Å². The monoisotopic (exact) mass is 392 g/mol. The molecule has 0 saturated heterocycles. The molecule has 2 N–H and O–H groups in total. The van der Waals surface area contributed by atoms with Crippen molar-refractivity contribution in [1.82, 2.24) is 20.5 Å². The SMILES string of the molecule is COc1cccc(Cc2nnc(CCC(=O)NC(C)c3ccccc3)c(=O)[nH]2)c1. The molecular formula is C22H24N4O3. The van der Waals surface area contributed by atoms with Gasteiger partial charge in [0.2, 0.25) is 5.91 Å². The normalized spacial score (nSPS) is 11.7. The summed E-state index contributed by atoms with van der Waals surface area (Å²) in [6.45, 7) is 1.92. The Morgan fingerprint density at radius 1 is 1.14 bits per heavy atom. The zero-order valence-electron chi connectivity index (χ0n) is 16.5. The zero-order valence-corrected chi connectivity index (χ0v) is 16.5. The van der Waals surface area contributed by atoms with Crippen molar-refractivity contribution in [2.75, 3.05) is 7.11 Å². The summed E-state index contributed by atoms with van der Waals surface area (Å²) in [7, 11) is 1.60. The number of hydrogen-bond acceptors (Lipinski definition) is 5. The molecule has 1 amide bonds. The number of carbonyl (C=O) groups excluding carboxylic acids is 1. The van der Waals surface area contributed by atoms with Crippen LogP contribution in [0.3, 0.4) is 0 Å². The van der Waals surface area contributed by atoms with Gasteiger partial charge in [0, 0.05) is 19.3 Å². The lowest BCUT2D eigenvalue weighted by Gasteiger charge is -2.14. The van der Waals surface area contributed by atoms with E-state index in [1.807, 2.05) is 61.5 Å². The largest absolute Gasteiger partial charge is 0.497 e. The van der Waals surface area contributed by atoms with Gasteiger partial charge >= 0.3 is 0 Å². The highest BCUT2D eigenvalue weighted by Gasteiger charge is 2.12. The second-order valence-electron chi connectivity index (χ2n) is 6.78. The van der Waals surface area contributed by atoms with Crippen LogP contribution in [0.25, 0.3) is 0 Å². The number of methoxy groups -OCH3 is 1. The molecule has 150 valence electrons. The Morgan fingerprint density at radius 3 is 2.66 bits per heavy atom. The summed E-state index contributed by atoms with van der Waals surface area (Å²) in [5, 5.41) is 11.0. The Hall–Kier alpha value is -3.48. The van der Waals surface area contributed by atoms with E-state index in [4.69, 9.17) is 4.74 Å². The summed E-state index contributed by atoms with van der Waals surface area (Å²) >= 11 is 0. The number of ether oxygens (including phenoxy) is 1. The maximum atomic E-state index is 12.3. The molecule has 7 nitrogen and oxygen atoms in total. The zero-order chi connectivity index (χ0) is 20.6. The fourth-order valence-corrected chi connectivity index (χ4v) is 2.98. The second-order valence-corrected chi connectivity index (χ2v) is 6.78. The number of carbonyl (C=O) groups is 1. The average molecular weight is 392 g/mol. The number of aromatic amines is 1. The molecule has 0 bridgehead atoms. The fraction of sp³-hybridized carbons (Fsp3) is 0.273. The lowest BCUT2D eigenvalue weighted by atomic mass is 10.1.